The minimum Gasteiger partial charge on any atom is -0.317 e. The lowest BCUT2D eigenvalue weighted by molar-refractivity contribution is 0.148. The molecule has 2 aliphatic rings. The third-order valence-corrected chi connectivity index (χ3v) is 6.71. The fraction of sp³-hybridized carbons (Fsp3) is 1.00. The lowest BCUT2D eigenvalue weighted by Gasteiger charge is -2.41. The van der Waals surface area contributed by atoms with Gasteiger partial charge in [0.05, 0.1) is 0 Å². The van der Waals surface area contributed by atoms with E-state index in [1.807, 2.05) is 0 Å². The molecular formula is C14H30N4O2S. The minimum absolute atomic E-state index is 0.288. The minimum atomic E-state index is -3.29. The van der Waals surface area contributed by atoms with Crippen LogP contribution in [0.4, 0.5) is 0 Å². The number of likely N-dealkylation sites (N-methyl/N-ethyl adjacent to an activating group) is 1. The van der Waals surface area contributed by atoms with E-state index in [0.29, 0.717) is 32.1 Å². The largest absolute Gasteiger partial charge is 0.317 e. The summed E-state index contributed by atoms with van der Waals surface area (Å²) in [6, 6.07) is 0.288. The van der Waals surface area contributed by atoms with E-state index >= 15 is 0 Å². The molecule has 0 aromatic carbocycles. The van der Waals surface area contributed by atoms with E-state index in [9.17, 15) is 8.42 Å². The Balaban J connectivity index is 1.98. The van der Waals surface area contributed by atoms with Gasteiger partial charge in [0.2, 0.25) is 0 Å². The van der Waals surface area contributed by atoms with Crippen molar-refractivity contribution in [3.8, 4) is 0 Å². The predicted molar refractivity (Wildman–Crippen MR) is 85.4 cm³/mol. The maximum absolute atomic E-state index is 12.8. The molecule has 0 radical (unpaired) electrons. The number of piperazine rings is 1. The number of hydrogen-bond acceptors (Lipinski definition) is 4. The van der Waals surface area contributed by atoms with Crippen LogP contribution in [0.5, 0.6) is 0 Å². The van der Waals surface area contributed by atoms with Gasteiger partial charge in [-0.1, -0.05) is 6.92 Å². The van der Waals surface area contributed by atoms with Gasteiger partial charge in [-0.15, -0.1) is 0 Å². The van der Waals surface area contributed by atoms with Gasteiger partial charge in [-0.25, -0.2) is 0 Å². The van der Waals surface area contributed by atoms with Gasteiger partial charge in [-0.3, -0.25) is 0 Å². The van der Waals surface area contributed by atoms with E-state index in [1.54, 1.807) is 8.61 Å². The Hall–Kier alpha value is -0.210. The second kappa shape index (κ2) is 7.37. The van der Waals surface area contributed by atoms with E-state index < -0.39 is 10.2 Å². The molecule has 2 rings (SSSR count). The van der Waals surface area contributed by atoms with Crippen molar-refractivity contribution in [1.82, 2.24) is 18.8 Å². The van der Waals surface area contributed by atoms with Crippen molar-refractivity contribution in [3.63, 3.8) is 0 Å². The van der Waals surface area contributed by atoms with Crippen molar-refractivity contribution in [2.75, 3.05) is 52.9 Å². The summed E-state index contributed by atoms with van der Waals surface area (Å²) in [6.45, 7) is 9.40. The Labute approximate surface area is 129 Å². The van der Waals surface area contributed by atoms with Gasteiger partial charge in [0.25, 0.3) is 10.2 Å². The summed E-state index contributed by atoms with van der Waals surface area (Å²) in [6.07, 6.45) is 2.09. The van der Waals surface area contributed by atoms with E-state index in [4.69, 9.17) is 0 Å². The molecule has 0 saturated carbocycles. The van der Waals surface area contributed by atoms with E-state index in [1.165, 1.54) is 0 Å². The zero-order valence-corrected chi connectivity index (χ0v) is 14.4. The Bertz CT molecular complexity index is 429. The SMILES string of the molecule is CCNCC1CCCN(S(=O)(=O)N2CCN(C)C(C)C2)C1. The van der Waals surface area contributed by atoms with Crippen LogP contribution in [0.1, 0.15) is 26.7 Å². The van der Waals surface area contributed by atoms with E-state index in [-0.39, 0.29) is 6.04 Å². The standard InChI is InChI=1S/C14H30N4O2S/c1-4-15-10-14-6-5-7-17(12-14)21(19,20)18-9-8-16(3)13(2)11-18/h13-15H,4-12H2,1-3H3. The van der Waals surface area contributed by atoms with Gasteiger partial charge in [0.15, 0.2) is 0 Å². The van der Waals surface area contributed by atoms with Gasteiger partial charge in [0, 0.05) is 38.8 Å². The molecule has 0 amide bonds. The molecule has 0 aromatic rings. The van der Waals surface area contributed by atoms with Gasteiger partial charge < -0.3 is 10.2 Å². The first-order valence-electron chi connectivity index (χ1n) is 8.11. The van der Waals surface area contributed by atoms with Crippen LogP contribution in [-0.4, -0.2) is 80.8 Å². The molecule has 1 N–H and O–H groups in total. The maximum atomic E-state index is 12.8. The summed E-state index contributed by atoms with van der Waals surface area (Å²) in [7, 11) is -1.23. The first-order chi connectivity index (χ1) is 9.95. The molecule has 2 fully saturated rings. The van der Waals surface area contributed by atoms with Gasteiger partial charge >= 0.3 is 0 Å². The maximum Gasteiger partial charge on any atom is 0.282 e. The molecule has 0 aliphatic carbocycles. The highest BCUT2D eigenvalue weighted by molar-refractivity contribution is 7.86. The molecule has 0 spiro atoms. The number of hydrogen-bond donors (Lipinski definition) is 1. The first-order valence-corrected chi connectivity index (χ1v) is 9.51. The van der Waals surface area contributed by atoms with Crippen molar-refractivity contribution in [1.29, 1.82) is 0 Å². The number of nitrogens with one attached hydrogen (secondary N) is 1. The van der Waals surface area contributed by atoms with Crippen molar-refractivity contribution >= 4 is 10.2 Å². The fourth-order valence-electron chi connectivity index (χ4n) is 3.14. The van der Waals surface area contributed by atoms with E-state index in [0.717, 1.165) is 32.5 Å². The Morgan fingerprint density at radius 2 is 1.86 bits per heavy atom. The molecule has 2 unspecified atom stereocenters. The molecule has 21 heavy (non-hydrogen) atoms. The van der Waals surface area contributed by atoms with Gasteiger partial charge in [0.1, 0.15) is 0 Å². The zero-order chi connectivity index (χ0) is 15.5. The van der Waals surface area contributed by atoms with Crippen molar-refractivity contribution in [3.05, 3.63) is 0 Å². The summed E-state index contributed by atoms with van der Waals surface area (Å²) in [5.41, 5.74) is 0. The molecule has 2 aliphatic heterocycles. The summed E-state index contributed by atoms with van der Waals surface area (Å²) in [5, 5.41) is 3.34. The average Bonchev–Trinajstić information content (AvgIpc) is 2.48. The first kappa shape index (κ1) is 17.1. The van der Waals surface area contributed by atoms with Crippen molar-refractivity contribution in [2.24, 2.45) is 5.92 Å². The molecule has 124 valence electrons. The van der Waals surface area contributed by atoms with Gasteiger partial charge in [-0.05, 0) is 45.8 Å². The molecular weight excluding hydrogens is 288 g/mol. The molecule has 0 bridgehead atoms. The predicted octanol–water partition coefficient (Wildman–Crippen LogP) is 0.189. The van der Waals surface area contributed by atoms with Crippen LogP contribution < -0.4 is 5.32 Å². The topological polar surface area (TPSA) is 55.9 Å². The normalized spacial score (nSPS) is 30.6. The lowest BCUT2D eigenvalue weighted by Crippen LogP contribution is -2.57. The van der Waals surface area contributed by atoms with Crippen LogP contribution in [0.2, 0.25) is 0 Å². The number of rotatable bonds is 5. The highest BCUT2D eigenvalue weighted by Gasteiger charge is 2.36. The van der Waals surface area contributed by atoms with Crippen LogP contribution in [0.15, 0.2) is 0 Å². The summed E-state index contributed by atoms with van der Waals surface area (Å²) < 4.78 is 29.0. The van der Waals surface area contributed by atoms with Crippen LogP contribution >= 0.6 is 0 Å². The molecule has 6 nitrogen and oxygen atoms in total. The third kappa shape index (κ3) is 4.16. The fourth-order valence-corrected chi connectivity index (χ4v) is 4.94. The summed E-state index contributed by atoms with van der Waals surface area (Å²) in [5.74, 6) is 0.443. The van der Waals surface area contributed by atoms with Crippen molar-refractivity contribution in [2.45, 2.75) is 32.7 Å². The molecule has 7 heteroatoms. The Kier molecular flexibility index (Phi) is 6.02. The lowest BCUT2D eigenvalue weighted by atomic mass is 10.00. The molecule has 2 atom stereocenters. The third-order valence-electron chi connectivity index (χ3n) is 4.74. The number of piperidine rings is 1. The quantitative estimate of drug-likeness (QED) is 0.786. The van der Waals surface area contributed by atoms with Crippen LogP contribution in [0.25, 0.3) is 0 Å². The Morgan fingerprint density at radius 1 is 1.14 bits per heavy atom. The Morgan fingerprint density at radius 3 is 2.52 bits per heavy atom. The van der Waals surface area contributed by atoms with Gasteiger partial charge in [-0.2, -0.15) is 17.0 Å². The van der Waals surface area contributed by atoms with E-state index in [2.05, 4.69) is 31.1 Å². The van der Waals surface area contributed by atoms with Crippen LogP contribution in [-0.2, 0) is 10.2 Å². The second-order valence-corrected chi connectivity index (χ2v) is 8.30. The summed E-state index contributed by atoms with van der Waals surface area (Å²) in [4.78, 5) is 2.22. The summed E-state index contributed by atoms with van der Waals surface area (Å²) >= 11 is 0. The number of nitrogens with zero attached hydrogens (tertiary/aromatic N) is 3. The molecule has 2 heterocycles. The molecule has 2 saturated heterocycles. The average molecular weight is 318 g/mol. The molecule has 0 aromatic heterocycles. The zero-order valence-electron chi connectivity index (χ0n) is 13.6. The highest BCUT2D eigenvalue weighted by atomic mass is 32.2. The smallest absolute Gasteiger partial charge is 0.282 e. The van der Waals surface area contributed by atoms with Crippen molar-refractivity contribution < 1.29 is 8.42 Å². The monoisotopic (exact) mass is 318 g/mol. The highest BCUT2D eigenvalue weighted by Crippen LogP contribution is 2.22. The van der Waals surface area contributed by atoms with Crippen LogP contribution in [0.3, 0.4) is 0 Å². The van der Waals surface area contributed by atoms with Crippen LogP contribution in [0, 0.1) is 5.92 Å². The second-order valence-electron chi connectivity index (χ2n) is 6.37.